The average Bonchev–Trinajstić information content (AvgIpc) is 2.75. The highest BCUT2D eigenvalue weighted by Crippen LogP contribution is 2.07. The molecule has 1 heterocycles. The Morgan fingerprint density at radius 1 is 1.81 bits per heavy atom. The molecule has 5 heteroatoms. The number of carbonyl (C=O) groups is 1. The summed E-state index contributed by atoms with van der Waals surface area (Å²) >= 11 is 0. The number of aliphatic imine (C=N–C) groups is 1. The fourth-order valence-electron chi connectivity index (χ4n) is 1.45. The molecule has 5 nitrogen and oxygen atoms in total. The SMILES string of the molecule is C=CN(/C=N\C)C(Cc1cnc[nH]1)C(C)=O. The van der Waals surface area contributed by atoms with Gasteiger partial charge in [0.15, 0.2) is 5.78 Å². The van der Waals surface area contributed by atoms with Crippen molar-refractivity contribution in [2.45, 2.75) is 19.4 Å². The topological polar surface area (TPSA) is 61.4 Å². The van der Waals surface area contributed by atoms with Gasteiger partial charge in [0.05, 0.1) is 18.7 Å². The molecule has 0 saturated carbocycles. The van der Waals surface area contributed by atoms with Crippen LogP contribution in [0.4, 0.5) is 0 Å². The Kier molecular flexibility index (Phi) is 4.44. The summed E-state index contributed by atoms with van der Waals surface area (Å²) in [6.45, 7) is 5.23. The molecule has 1 rings (SSSR count). The van der Waals surface area contributed by atoms with Crippen molar-refractivity contribution < 1.29 is 4.79 Å². The summed E-state index contributed by atoms with van der Waals surface area (Å²) in [7, 11) is 1.66. The number of nitrogens with one attached hydrogen (secondary N) is 1. The van der Waals surface area contributed by atoms with Gasteiger partial charge < -0.3 is 9.88 Å². The molecule has 1 atom stereocenters. The van der Waals surface area contributed by atoms with E-state index in [1.165, 1.54) is 0 Å². The van der Waals surface area contributed by atoms with Crippen molar-refractivity contribution in [3.63, 3.8) is 0 Å². The number of H-pyrrole nitrogens is 1. The van der Waals surface area contributed by atoms with E-state index >= 15 is 0 Å². The Labute approximate surface area is 94.9 Å². The number of rotatable bonds is 6. The van der Waals surface area contributed by atoms with Gasteiger partial charge in [-0.15, -0.1) is 0 Å². The molecule has 0 spiro atoms. The van der Waals surface area contributed by atoms with Crippen LogP contribution in [0.2, 0.25) is 0 Å². The Bertz CT molecular complexity index is 369. The van der Waals surface area contributed by atoms with Crippen molar-refractivity contribution >= 4 is 12.1 Å². The van der Waals surface area contributed by atoms with E-state index in [0.717, 1.165) is 5.69 Å². The van der Waals surface area contributed by atoms with Gasteiger partial charge in [-0.05, 0) is 13.1 Å². The molecule has 0 aromatic carbocycles. The molecule has 0 aliphatic carbocycles. The molecular formula is C11H16N4O. The highest BCUT2D eigenvalue weighted by molar-refractivity contribution is 5.84. The molecule has 0 amide bonds. The zero-order valence-corrected chi connectivity index (χ0v) is 9.55. The van der Waals surface area contributed by atoms with Crippen molar-refractivity contribution in [1.29, 1.82) is 0 Å². The number of aromatic amines is 1. The molecule has 16 heavy (non-hydrogen) atoms. The normalized spacial score (nSPS) is 12.6. The molecule has 1 aromatic heterocycles. The Morgan fingerprint density at radius 3 is 3.00 bits per heavy atom. The van der Waals surface area contributed by atoms with Gasteiger partial charge in [0.25, 0.3) is 0 Å². The Hall–Kier alpha value is -1.91. The quantitative estimate of drug-likeness (QED) is 0.575. The third-order valence-electron chi connectivity index (χ3n) is 2.26. The lowest BCUT2D eigenvalue weighted by Gasteiger charge is -2.23. The summed E-state index contributed by atoms with van der Waals surface area (Å²) in [4.78, 5) is 24.0. The summed E-state index contributed by atoms with van der Waals surface area (Å²) in [5, 5.41) is 0. The Balaban J connectivity index is 2.81. The minimum absolute atomic E-state index is 0.0643. The van der Waals surface area contributed by atoms with Gasteiger partial charge >= 0.3 is 0 Å². The number of hydrogen-bond acceptors (Lipinski definition) is 3. The average molecular weight is 220 g/mol. The molecule has 1 aromatic rings. The first-order chi connectivity index (χ1) is 7.69. The molecule has 0 fully saturated rings. The highest BCUT2D eigenvalue weighted by atomic mass is 16.1. The van der Waals surface area contributed by atoms with Crippen LogP contribution in [-0.4, -0.2) is 40.1 Å². The zero-order chi connectivity index (χ0) is 12.0. The second-order valence-electron chi connectivity index (χ2n) is 3.41. The third kappa shape index (κ3) is 3.05. The first-order valence-corrected chi connectivity index (χ1v) is 4.99. The van der Waals surface area contributed by atoms with Crippen LogP contribution >= 0.6 is 0 Å². The number of imidazole rings is 1. The van der Waals surface area contributed by atoms with E-state index in [1.807, 2.05) is 0 Å². The minimum Gasteiger partial charge on any atom is -0.348 e. The van der Waals surface area contributed by atoms with Crippen LogP contribution in [0.5, 0.6) is 0 Å². The van der Waals surface area contributed by atoms with Crippen LogP contribution in [0.1, 0.15) is 12.6 Å². The van der Waals surface area contributed by atoms with Gasteiger partial charge in [0.2, 0.25) is 0 Å². The minimum atomic E-state index is -0.290. The van der Waals surface area contributed by atoms with E-state index in [-0.39, 0.29) is 11.8 Å². The molecular weight excluding hydrogens is 204 g/mol. The predicted molar refractivity (Wildman–Crippen MR) is 63.2 cm³/mol. The van der Waals surface area contributed by atoms with E-state index in [2.05, 4.69) is 21.5 Å². The molecule has 1 unspecified atom stereocenters. The summed E-state index contributed by atoms with van der Waals surface area (Å²) in [6, 6.07) is -0.290. The van der Waals surface area contributed by atoms with Crippen LogP contribution in [0.25, 0.3) is 0 Å². The van der Waals surface area contributed by atoms with Gasteiger partial charge in [0.1, 0.15) is 0 Å². The molecule has 0 aliphatic rings. The molecule has 0 bridgehead atoms. The van der Waals surface area contributed by atoms with Crippen molar-refractivity contribution in [2.24, 2.45) is 4.99 Å². The summed E-state index contributed by atoms with van der Waals surface area (Å²) < 4.78 is 0. The molecule has 1 N–H and O–H groups in total. The third-order valence-corrected chi connectivity index (χ3v) is 2.26. The largest absolute Gasteiger partial charge is 0.348 e. The lowest BCUT2D eigenvalue weighted by molar-refractivity contribution is -0.120. The van der Waals surface area contributed by atoms with E-state index in [1.54, 1.807) is 43.9 Å². The predicted octanol–water partition coefficient (Wildman–Crippen LogP) is 1.01. The van der Waals surface area contributed by atoms with E-state index in [4.69, 9.17) is 0 Å². The standard InChI is InChI=1S/C11H16N4O/c1-4-15(8-12-3)11(9(2)16)5-10-6-13-7-14-10/h4,6-8,11H,1,5H2,2-3H3,(H,13,14)/b12-8-. The fraction of sp³-hybridized carbons (Fsp3) is 0.364. The molecule has 86 valence electrons. The van der Waals surface area contributed by atoms with Crippen molar-refractivity contribution in [3.05, 3.63) is 31.0 Å². The van der Waals surface area contributed by atoms with Crippen LogP contribution in [0, 0.1) is 0 Å². The van der Waals surface area contributed by atoms with Crippen LogP contribution in [0.15, 0.2) is 30.3 Å². The number of nitrogens with zero attached hydrogens (tertiary/aromatic N) is 3. The first-order valence-electron chi connectivity index (χ1n) is 4.99. The van der Waals surface area contributed by atoms with Gasteiger partial charge in [-0.25, -0.2) is 4.98 Å². The van der Waals surface area contributed by atoms with Crippen LogP contribution < -0.4 is 0 Å². The van der Waals surface area contributed by atoms with Crippen molar-refractivity contribution in [3.8, 4) is 0 Å². The lowest BCUT2D eigenvalue weighted by Crippen LogP contribution is -2.37. The Morgan fingerprint density at radius 2 is 2.56 bits per heavy atom. The van der Waals surface area contributed by atoms with Crippen LogP contribution in [0.3, 0.4) is 0 Å². The maximum absolute atomic E-state index is 11.6. The fourth-order valence-corrected chi connectivity index (χ4v) is 1.45. The number of carbonyl (C=O) groups excluding carboxylic acids is 1. The summed E-state index contributed by atoms with van der Waals surface area (Å²) in [5.41, 5.74) is 0.913. The zero-order valence-electron chi connectivity index (χ0n) is 9.55. The summed E-state index contributed by atoms with van der Waals surface area (Å²) in [5.74, 6) is 0.0643. The second-order valence-corrected chi connectivity index (χ2v) is 3.41. The van der Waals surface area contributed by atoms with E-state index in [9.17, 15) is 4.79 Å². The molecule has 0 radical (unpaired) electrons. The van der Waals surface area contributed by atoms with Crippen molar-refractivity contribution in [1.82, 2.24) is 14.9 Å². The number of ketones is 1. The summed E-state index contributed by atoms with van der Waals surface area (Å²) in [6.07, 6.45) is 7.05. The number of Topliss-reactive ketones (excluding diaryl/α,β-unsaturated/α-hetero) is 1. The maximum Gasteiger partial charge on any atom is 0.152 e. The monoisotopic (exact) mass is 220 g/mol. The van der Waals surface area contributed by atoms with E-state index in [0.29, 0.717) is 6.42 Å². The van der Waals surface area contributed by atoms with Gasteiger partial charge in [0, 0.05) is 25.4 Å². The molecule has 0 aliphatic heterocycles. The second kappa shape index (κ2) is 5.85. The van der Waals surface area contributed by atoms with Crippen LogP contribution in [-0.2, 0) is 11.2 Å². The molecule has 0 saturated heterocycles. The maximum atomic E-state index is 11.6. The number of hydrogen-bond donors (Lipinski definition) is 1. The number of aromatic nitrogens is 2. The highest BCUT2D eigenvalue weighted by Gasteiger charge is 2.19. The van der Waals surface area contributed by atoms with Crippen molar-refractivity contribution in [2.75, 3.05) is 7.05 Å². The first kappa shape index (κ1) is 12.2. The smallest absolute Gasteiger partial charge is 0.152 e. The van der Waals surface area contributed by atoms with Gasteiger partial charge in [-0.1, -0.05) is 6.58 Å². The van der Waals surface area contributed by atoms with Gasteiger partial charge in [-0.2, -0.15) is 0 Å². The lowest BCUT2D eigenvalue weighted by atomic mass is 10.1. The van der Waals surface area contributed by atoms with E-state index < -0.39 is 0 Å². The van der Waals surface area contributed by atoms with Gasteiger partial charge in [-0.3, -0.25) is 9.79 Å².